The van der Waals surface area contributed by atoms with Crippen LogP contribution in [0.4, 0.5) is 17.1 Å². The molecule has 1 aliphatic heterocycles. The molecule has 0 bridgehead atoms. The number of para-hydroxylation sites is 1. The lowest BCUT2D eigenvalue weighted by Crippen LogP contribution is -2.41. The van der Waals surface area contributed by atoms with Crippen molar-refractivity contribution in [3.8, 4) is 0 Å². The zero-order chi connectivity index (χ0) is 24.9. The summed E-state index contributed by atoms with van der Waals surface area (Å²) in [5, 5.41) is 4.74. The minimum Gasteiger partial charge on any atom is -0.399 e. The second-order valence-corrected chi connectivity index (χ2v) is 10.5. The van der Waals surface area contributed by atoms with Crippen molar-refractivity contribution in [2.45, 2.75) is 38.9 Å². The SMILES string of the molecule is CC1(C)OB(c2cccc3c(N(c4ccccc4)c4ccc5ccccc5c4)cccc23)OC1(C)C. The Balaban J connectivity index is 1.54. The van der Waals surface area contributed by atoms with Crippen LogP contribution in [-0.2, 0) is 9.31 Å². The molecule has 1 aliphatic rings. The lowest BCUT2D eigenvalue weighted by molar-refractivity contribution is 0.00578. The molecular weight excluding hydrogens is 441 g/mol. The summed E-state index contributed by atoms with van der Waals surface area (Å²) in [5.74, 6) is 0. The molecule has 1 heterocycles. The van der Waals surface area contributed by atoms with E-state index in [2.05, 4.69) is 142 Å². The minimum absolute atomic E-state index is 0.390. The molecule has 178 valence electrons. The van der Waals surface area contributed by atoms with Crippen LogP contribution in [0.25, 0.3) is 21.5 Å². The highest BCUT2D eigenvalue weighted by atomic mass is 16.7. The average Bonchev–Trinajstić information content (AvgIpc) is 3.11. The molecule has 0 spiro atoms. The molecule has 0 unspecified atom stereocenters. The van der Waals surface area contributed by atoms with Crippen LogP contribution in [0.5, 0.6) is 0 Å². The quantitative estimate of drug-likeness (QED) is 0.250. The largest absolute Gasteiger partial charge is 0.495 e. The van der Waals surface area contributed by atoms with E-state index in [9.17, 15) is 0 Å². The number of rotatable bonds is 4. The van der Waals surface area contributed by atoms with Gasteiger partial charge in [-0.25, -0.2) is 0 Å². The summed E-state index contributed by atoms with van der Waals surface area (Å²) in [5.41, 5.74) is 3.62. The van der Waals surface area contributed by atoms with Gasteiger partial charge in [-0.2, -0.15) is 0 Å². The number of nitrogens with zero attached hydrogens (tertiary/aromatic N) is 1. The Kier molecular flexibility index (Phi) is 5.40. The van der Waals surface area contributed by atoms with Crippen LogP contribution in [0.15, 0.2) is 109 Å². The maximum absolute atomic E-state index is 6.44. The van der Waals surface area contributed by atoms with Gasteiger partial charge in [0.2, 0.25) is 0 Å². The number of hydrogen-bond donors (Lipinski definition) is 0. The van der Waals surface area contributed by atoms with E-state index in [4.69, 9.17) is 9.31 Å². The molecule has 0 aliphatic carbocycles. The van der Waals surface area contributed by atoms with Crippen LogP contribution in [-0.4, -0.2) is 18.3 Å². The van der Waals surface area contributed by atoms with E-state index in [1.54, 1.807) is 0 Å². The van der Waals surface area contributed by atoms with Gasteiger partial charge in [0.25, 0.3) is 0 Å². The number of benzene rings is 5. The van der Waals surface area contributed by atoms with Gasteiger partial charge in [-0.1, -0.05) is 78.9 Å². The van der Waals surface area contributed by atoms with E-state index in [-0.39, 0.29) is 0 Å². The van der Waals surface area contributed by atoms with Gasteiger partial charge in [0.05, 0.1) is 16.9 Å². The second-order valence-electron chi connectivity index (χ2n) is 10.5. The number of fused-ring (bicyclic) bond motifs is 2. The van der Waals surface area contributed by atoms with Crippen molar-refractivity contribution in [3.05, 3.63) is 109 Å². The first-order chi connectivity index (χ1) is 17.3. The van der Waals surface area contributed by atoms with Crippen molar-refractivity contribution in [2.75, 3.05) is 4.90 Å². The van der Waals surface area contributed by atoms with Gasteiger partial charge in [0.15, 0.2) is 0 Å². The van der Waals surface area contributed by atoms with Crippen molar-refractivity contribution in [2.24, 2.45) is 0 Å². The molecule has 0 N–H and O–H groups in total. The Bertz CT molecular complexity index is 1550. The molecule has 0 radical (unpaired) electrons. The highest BCUT2D eigenvalue weighted by molar-refractivity contribution is 6.65. The molecule has 4 heteroatoms. The second kappa shape index (κ2) is 8.51. The highest BCUT2D eigenvalue weighted by Gasteiger charge is 2.52. The Hall–Kier alpha value is -3.60. The van der Waals surface area contributed by atoms with Crippen molar-refractivity contribution in [1.29, 1.82) is 0 Å². The van der Waals surface area contributed by atoms with Crippen LogP contribution >= 0.6 is 0 Å². The highest BCUT2D eigenvalue weighted by Crippen LogP contribution is 2.41. The number of anilines is 3. The fourth-order valence-electron chi connectivity index (χ4n) is 5.01. The Morgan fingerprint density at radius 1 is 0.556 bits per heavy atom. The maximum atomic E-state index is 6.44. The van der Waals surface area contributed by atoms with Gasteiger partial charge in [-0.15, -0.1) is 0 Å². The molecule has 0 atom stereocenters. The van der Waals surface area contributed by atoms with Crippen LogP contribution in [0.2, 0.25) is 0 Å². The Morgan fingerprint density at radius 3 is 1.94 bits per heavy atom. The van der Waals surface area contributed by atoms with Gasteiger partial charge >= 0.3 is 7.12 Å². The van der Waals surface area contributed by atoms with E-state index >= 15 is 0 Å². The van der Waals surface area contributed by atoms with Gasteiger partial charge < -0.3 is 14.2 Å². The molecule has 5 aromatic carbocycles. The summed E-state index contributed by atoms with van der Waals surface area (Å²) in [6.45, 7) is 8.39. The molecule has 1 saturated heterocycles. The van der Waals surface area contributed by atoms with Gasteiger partial charge in [0.1, 0.15) is 0 Å². The van der Waals surface area contributed by atoms with Crippen LogP contribution in [0, 0.1) is 0 Å². The van der Waals surface area contributed by atoms with Gasteiger partial charge in [0, 0.05) is 16.8 Å². The molecule has 5 aromatic rings. The Morgan fingerprint density at radius 2 is 1.19 bits per heavy atom. The molecule has 6 rings (SSSR count). The smallest absolute Gasteiger partial charge is 0.399 e. The predicted molar refractivity (Wildman–Crippen MR) is 152 cm³/mol. The van der Waals surface area contributed by atoms with Gasteiger partial charge in [-0.3, -0.25) is 0 Å². The monoisotopic (exact) mass is 471 g/mol. The normalized spacial score (nSPS) is 16.5. The topological polar surface area (TPSA) is 21.7 Å². The van der Waals surface area contributed by atoms with Crippen molar-refractivity contribution in [3.63, 3.8) is 0 Å². The average molecular weight is 471 g/mol. The fraction of sp³-hybridized carbons (Fsp3) is 0.188. The molecule has 1 fully saturated rings. The third-order valence-corrected chi connectivity index (χ3v) is 7.69. The summed E-state index contributed by atoms with van der Waals surface area (Å²) in [6, 6.07) is 38.6. The van der Waals surface area contributed by atoms with Crippen LogP contribution in [0.3, 0.4) is 0 Å². The standard InChI is InChI=1S/C32H30BNO2/c1-31(2)32(3,4)36-33(35-31)29-18-10-17-28-27(29)16-11-19-30(28)34(25-14-6-5-7-15-25)26-21-20-23-12-8-9-13-24(23)22-26/h5-22H,1-4H3. The lowest BCUT2D eigenvalue weighted by atomic mass is 9.76. The lowest BCUT2D eigenvalue weighted by Gasteiger charge is -2.32. The predicted octanol–water partition coefficient (Wildman–Crippen LogP) is 7.76. The van der Waals surface area contributed by atoms with E-state index in [0.29, 0.717) is 0 Å². The van der Waals surface area contributed by atoms with Crippen LogP contribution < -0.4 is 10.4 Å². The summed E-state index contributed by atoms with van der Waals surface area (Å²) >= 11 is 0. The van der Waals surface area contributed by atoms with E-state index < -0.39 is 18.3 Å². The minimum atomic E-state index is -0.417. The number of hydrogen-bond acceptors (Lipinski definition) is 3. The van der Waals surface area contributed by atoms with E-state index in [1.165, 1.54) is 10.8 Å². The molecule has 0 saturated carbocycles. The van der Waals surface area contributed by atoms with E-state index in [0.717, 1.165) is 33.3 Å². The molecular formula is C32H30BNO2. The molecule has 3 nitrogen and oxygen atoms in total. The van der Waals surface area contributed by atoms with Crippen molar-refractivity contribution < 1.29 is 9.31 Å². The summed E-state index contributed by atoms with van der Waals surface area (Å²) < 4.78 is 12.9. The first kappa shape index (κ1) is 22.8. The zero-order valence-electron chi connectivity index (χ0n) is 21.2. The first-order valence-corrected chi connectivity index (χ1v) is 12.6. The van der Waals surface area contributed by atoms with Crippen molar-refractivity contribution in [1.82, 2.24) is 0 Å². The van der Waals surface area contributed by atoms with Crippen molar-refractivity contribution >= 4 is 51.2 Å². The third-order valence-electron chi connectivity index (χ3n) is 7.69. The fourth-order valence-corrected chi connectivity index (χ4v) is 5.01. The zero-order valence-corrected chi connectivity index (χ0v) is 21.2. The van der Waals surface area contributed by atoms with Gasteiger partial charge in [-0.05, 0) is 79.6 Å². The van der Waals surface area contributed by atoms with E-state index in [1.807, 2.05) is 0 Å². The third kappa shape index (κ3) is 3.78. The van der Waals surface area contributed by atoms with Crippen LogP contribution in [0.1, 0.15) is 27.7 Å². The molecule has 36 heavy (non-hydrogen) atoms. The maximum Gasteiger partial charge on any atom is 0.495 e. The Labute approximate surface area is 213 Å². The summed E-state index contributed by atoms with van der Waals surface area (Å²) in [4.78, 5) is 2.34. The summed E-state index contributed by atoms with van der Waals surface area (Å²) in [7, 11) is -0.417. The first-order valence-electron chi connectivity index (χ1n) is 12.6. The summed E-state index contributed by atoms with van der Waals surface area (Å²) in [6.07, 6.45) is 0. The molecule has 0 amide bonds. The molecule has 0 aromatic heterocycles.